The maximum atomic E-state index is 10.7. The van der Waals surface area contributed by atoms with Crippen molar-refractivity contribution in [1.29, 1.82) is 0 Å². The standard InChI is InChI=1S/C6H10O4/c1-9-6(10-2)5(8)3-4-7/h3-4,6-7H,1-2H3. The van der Waals surface area contributed by atoms with Gasteiger partial charge in [0.05, 0.1) is 6.26 Å². The molecule has 4 nitrogen and oxygen atoms in total. The Hall–Kier alpha value is -0.870. The zero-order valence-corrected chi connectivity index (χ0v) is 5.90. The molecule has 58 valence electrons. The largest absolute Gasteiger partial charge is 0.515 e. The summed E-state index contributed by atoms with van der Waals surface area (Å²) in [5.74, 6) is -0.424. The molecule has 0 atom stereocenters. The molecule has 0 aliphatic rings. The van der Waals surface area contributed by atoms with E-state index in [1.165, 1.54) is 14.2 Å². The molecule has 0 aromatic carbocycles. The maximum absolute atomic E-state index is 10.7. The predicted molar refractivity (Wildman–Crippen MR) is 34.6 cm³/mol. The molecule has 0 aromatic heterocycles. The molecule has 1 N–H and O–H groups in total. The second kappa shape index (κ2) is 4.96. The molecule has 0 spiro atoms. The van der Waals surface area contributed by atoms with Crippen molar-refractivity contribution in [2.24, 2.45) is 0 Å². The first kappa shape index (κ1) is 9.13. The molecule has 0 saturated carbocycles. The topological polar surface area (TPSA) is 55.8 Å². The number of ether oxygens (including phenoxy) is 2. The number of methoxy groups -OCH3 is 2. The summed E-state index contributed by atoms with van der Waals surface area (Å²) < 4.78 is 9.16. The van der Waals surface area contributed by atoms with Crippen molar-refractivity contribution in [3.63, 3.8) is 0 Å². The van der Waals surface area contributed by atoms with Crippen molar-refractivity contribution in [3.05, 3.63) is 12.3 Å². The number of rotatable bonds is 4. The Labute approximate surface area is 59.1 Å². The molecule has 0 aliphatic heterocycles. The van der Waals surface area contributed by atoms with Gasteiger partial charge in [-0.3, -0.25) is 4.79 Å². The number of carbonyl (C=O) groups excluding carboxylic acids is 1. The van der Waals surface area contributed by atoms with Crippen molar-refractivity contribution < 1.29 is 19.4 Å². The number of hydrogen-bond acceptors (Lipinski definition) is 4. The van der Waals surface area contributed by atoms with Gasteiger partial charge in [0.1, 0.15) is 0 Å². The summed E-state index contributed by atoms with van der Waals surface area (Å²) in [7, 11) is 2.69. The summed E-state index contributed by atoms with van der Waals surface area (Å²) in [5.41, 5.74) is 0. The van der Waals surface area contributed by atoms with Crippen LogP contribution in [0.5, 0.6) is 0 Å². The summed E-state index contributed by atoms with van der Waals surface area (Å²) in [6.07, 6.45) is 0.703. The molecule has 4 heteroatoms. The van der Waals surface area contributed by atoms with Crippen molar-refractivity contribution in [3.8, 4) is 0 Å². The second-order valence-electron chi connectivity index (χ2n) is 1.52. The van der Waals surface area contributed by atoms with E-state index < -0.39 is 12.1 Å². The molecule has 0 amide bonds. The Balaban J connectivity index is 3.89. The van der Waals surface area contributed by atoms with E-state index in [0.29, 0.717) is 6.26 Å². The molecule has 0 rings (SSSR count). The summed E-state index contributed by atoms with van der Waals surface area (Å²) in [6, 6.07) is 0. The Morgan fingerprint density at radius 2 is 2.00 bits per heavy atom. The van der Waals surface area contributed by atoms with Gasteiger partial charge in [0.2, 0.25) is 12.1 Å². The van der Waals surface area contributed by atoms with Gasteiger partial charge in [-0.15, -0.1) is 0 Å². The first-order valence-corrected chi connectivity index (χ1v) is 2.66. The number of carbonyl (C=O) groups is 1. The van der Waals surface area contributed by atoms with E-state index in [-0.39, 0.29) is 0 Å². The van der Waals surface area contributed by atoms with E-state index in [4.69, 9.17) is 5.11 Å². The van der Waals surface area contributed by atoms with Crippen LogP contribution in [0.25, 0.3) is 0 Å². The minimum absolute atomic E-state index is 0.424. The fraction of sp³-hybridized carbons (Fsp3) is 0.500. The van der Waals surface area contributed by atoms with Gasteiger partial charge in [-0.1, -0.05) is 0 Å². The highest BCUT2D eigenvalue weighted by molar-refractivity contribution is 5.92. The number of hydrogen-bond donors (Lipinski definition) is 1. The Morgan fingerprint density at radius 3 is 2.30 bits per heavy atom. The summed E-state index contributed by atoms with van der Waals surface area (Å²) >= 11 is 0. The third-order valence-corrected chi connectivity index (χ3v) is 0.899. The number of aliphatic hydroxyl groups excluding tert-OH is 1. The minimum atomic E-state index is -0.914. The van der Waals surface area contributed by atoms with E-state index in [9.17, 15) is 4.79 Å². The summed E-state index contributed by atoms with van der Waals surface area (Å²) in [4.78, 5) is 10.7. The van der Waals surface area contributed by atoms with Crippen LogP contribution in [-0.2, 0) is 14.3 Å². The van der Waals surface area contributed by atoms with Crippen LogP contribution in [-0.4, -0.2) is 31.4 Å². The quantitative estimate of drug-likeness (QED) is 0.351. The average molecular weight is 146 g/mol. The van der Waals surface area contributed by atoms with Gasteiger partial charge in [-0.2, -0.15) is 0 Å². The lowest BCUT2D eigenvalue weighted by molar-refractivity contribution is -0.151. The molecule has 10 heavy (non-hydrogen) atoms. The van der Waals surface area contributed by atoms with E-state index in [1.807, 2.05) is 0 Å². The molecule has 0 radical (unpaired) electrons. The van der Waals surface area contributed by atoms with Gasteiger partial charge < -0.3 is 14.6 Å². The van der Waals surface area contributed by atoms with Crippen LogP contribution in [0.3, 0.4) is 0 Å². The third-order valence-electron chi connectivity index (χ3n) is 0.899. The molecular formula is C6H10O4. The lowest BCUT2D eigenvalue weighted by Gasteiger charge is -2.07. The normalized spacial score (nSPS) is 11.1. The average Bonchev–Trinajstić information content (AvgIpc) is 1.91. The highest BCUT2D eigenvalue weighted by Gasteiger charge is 2.12. The minimum Gasteiger partial charge on any atom is -0.515 e. The summed E-state index contributed by atoms with van der Waals surface area (Å²) in [6.45, 7) is 0. The van der Waals surface area contributed by atoms with Crippen molar-refractivity contribution in [1.82, 2.24) is 0 Å². The van der Waals surface area contributed by atoms with Crippen molar-refractivity contribution in [2.75, 3.05) is 14.2 Å². The highest BCUT2D eigenvalue weighted by atomic mass is 16.7. The highest BCUT2D eigenvalue weighted by Crippen LogP contribution is 1.93. The maximum Gasteiger partial charge on any atom is 0.221 e. The van der Waals surface area contributed by atoms with E-state index in [0.717, 1.165) is 6.08 Å². The smallest absolute Gasteiger partial charge is 0.221 e. The van der Waals surface area contributed by atoms with Crippen LogP contribution in [0.4, 0.5) is 0 Å². The van der Waals surface area contributed by atoms with Gasteiger partial charge >= 0.3 is 0 Å². The lowest BCUT2D eigenvalue weighted by Crippen LogP contribution is -2.22. The lowest BCUT2D eigenvalue weighted by atomic mass is 10.4. The molecule has 0 heterocycles. The molecule has 0 aromatic rings. The Kier molecular flexibility index (Phi) is 4.53. The van der Waals surface area contributed by atoms with Crippen molar-refractivity contribution >= 4 is 5.78 Å². The first-order valence-electron chi connectivity index (χ1n) is 2.66. The second-order valence-corrected chi connectivity index (χ2v) is 1.52. The van der Waals surface area contributed by atoms with Crippen LogP contribution in [0, 0.1) is 0 Å². The van der Waals surface area contributed by atoms with Crippen molar-refractivity contribution in [2.45, 2.75) is 6.29 Å². The van der Waals surface area contributed by atoms with Crippen LogP contribution in [0.2, 0.25) is 0 Å². The molecule has 0 saturated heterocycles. The van der Waals surface area contributed by atoms with E-state index in [2.05, 4.69) is 9.47 Å². The van der Waals surface area contributed by atoms with Gasteiger partial charge in [0.25, 0.3) is 0 Å². The number of ketones is 1. The van der Waals surface area contributed by atoms with Gasteiger partial charge in [-0.05, 0) is 0 Å². The van der Waals surface area contributed by atoms with Gasteiger partial charge in [0, 0.05) is 20.3 Å². The Bertz CT molecular complexity index is 126. The van der Waals surface area contributed by atoms with Gasteiger partial charge in [-0.25, -0.2) is 0 Å². The Morgan fingerprint density at radius 1 is 1.50 bits per heavy atom. The van der Waals surface area contributed by atoms with Crippen LogP contribution in [0.15, 0.2) is 12.3 Å². The van der Waals surface area contributed by atoms with E-state index in [1.54, 1.807) is 0 Å². The third kappa shape index (κ3) is 2.61. The van der Waals surface area contributed by atoms with E-state index >= 15 is 0 Å². The molecule has 0 bridgehead atoms. The molecule has 0 fully saturated rings. The molecule has 0 unspecified atom stereocenters. The van der Waals surface area contributed by atoms with Crippen LogP contribution < -0.4 is 0 Å². The monoisotopic (exact) mass is 146 g/mol. The fourth-order valence-electron chi connectivity index (χ4n) is 0.481. The molecule has 0 aliphatic carbocycles. The first-order chi connectivity index (χ1) is 4.76. The molecular weight excluding hydrogens is 136 g/mol. The van der Waals surface area contributed by atoms with Gasteiger partial charge in [0.15, 0.2) is 0 Å². The zero-order valence-electron chi connectivity index (χ0n) is 5.90. The fourth-order valence-corrected chi connectivity index (χ4v) is 0.481. The zero-order chi connectivity index (χ0) is 7.98. The van der Waals surface area contributed by atoms with Crippen LogP contribution >= 0.6 is 0 Å². The van der Waals surface area contributed by atoms with Crippen LogP contribution in [0.1, 0.15) is 0 Å². The SMILES string of the molecule is COC(OC)C(=O)C=CO. The number of aliphatic hydroxyl groups is 1. The summed E-state index contributed by atoms with van der Waals surface area (Å²) in [5, 5.41) is 8.16. The predicted octanol–water partition coefficient (Wildman–Crippen LogP) is 0.246.